The minimum absolute atomic E-state index is 0.187. The number of nitrogens with one attached hydrogen (secondary N) is 1. The first-order chi connectivity index (χ1) is 9.17. The topological polar surface area (TPSA) is 52.6 Å². The molecule has 5 nitrogen and oxygen atoms in total. The summed E-state index contributed by atoms with van der Waals surface area (Å²) in [6.45, 7) is 4.85. The summed E-state index contributed by atoms with van der Waals surface area (Å²) in [6, 6.07) is 3.87. The summed E-state index contributed by atoms with van der Waals surface area (Å²) < 4.78 is 16.2. The van der Waals surface area contributed by atoms with Gasteiger partial charge in [-0.15, -0.1) is 0 Å². The second-order valence-electron chi connectivity index (χ2n) is 4.93. The minimum Gasteiger partial charge on any atom is -0.497 e. The van der Waals surface area contributed by atoms with Crippen LogP contribution in [0.1, 0.15) is 17.8 Å². The SMILES string of the molecule is COc1cc(C)nc(CNCC2(OC)CCOC2)c1. The normalized spacial score (nSPS) is 22.7. The lowest BCUT2D eigenvalue weighted by Gasteiger charge is -2.26. The van der Waals surface area contributed by atoms with E-state index in [1.165, 1.54) is 0 Å². The fraction of sp³-hybridized carbons (Fsp3) is 0.643. The molecule has 1 aliphatic heterocycles. The summed E-state index contributed by atoms with van der Waals surface area (Å²) in [7, 11) is 3.41. The van der Waals surface area contributed by atoms with Gasteiger partial charge in [0.25, 0.3) is 0 Å². The Morgan fingerprint density at radius 3 is 2.89 bits per heavy atom. The Bertz CT molecular complexity index is 417. The molecule has 0 aliphatic carbocycles. The van der Waals surface area contributed by atoms with Crippen molar-refractivity contribution in [3.05, 3.63) is 23.5 Å². The smallest absolute Gasteiger partial charge is 0.122 e. The van der Waals surface area contributed by atoms with Crippen molar-refractivity contribution in [3.63, 3.8) is 0 Å². The summed E-state index contributed by atoms with van der Waals surface area (Å²) in [6.07, 6.45) is 0.932. The largest absolute Gasteiger partial charge is 0.497 e. The molecule has 19 heavy (non-hydrogen) atoms. The van der Waals surface area contributed by atoms with Crippen LogP contribution in [0.25, 0.3) is 0 Å². The zero-order chi connectivity index (χ0) is 13.7. The Morgan fingerprint density at radius 1 is 1.42 bits per heavy atom. The Hall–Kier alpha value is -1.17. The van der Waals surface area contributed by atoms with Crippen LogP contribution in [0.5, 0.6) is 5.75 Å². The number of hydrogen-bond acceptors (Lipinski definition) is 5. The molecule has 1 aromatic rings. The average Bonchev–Trinajstić information content (AvgIpc) is 2.87. The molecule has 1 aromatic heterocycles. The first-order valence-corrected chi connectivity index (χ1v) is 6.53. The quantitative estimate of drug-likeness (QED) is 0.841. The van der Waals surface area contributed by atoms with E-state index in [1.807, 2.05) is 19.1 Å². The molecule has 5 heteroatoms. The van der Waals surface area contributed by atoms with Gasteiger partial charge in [0.2, 0.25) is 0 Å². The number of pyridine rings is 1. The molecule has 1 aliphatic rings. The van der Waals surface area contributed by atoms with Gasteiger partial charge in [0.15, 0.2) is 0 Å². The fourth-order valence-electron chi connectivity index (χ4n) is 2.29. The molecule has 1 fully saturated rings. The predicted molar refractivity (Wildman–Crippen MR) is 72.4 cm³/mol. The van der Waals surface area contributed by atoms with Crippen LogP contribution in [0.4, 0.5) is 0 Å². The third kappa shape index (κ3) is 3.65. The highest BCUT2D eigenvalue weighted by Gasteiger charge is 2.34. The Labute approximate surface area is 114 Å². The van der Waals surface area contributed by atoms with E-state index in [1.54, 1.807) is 14.2 Å². The maximum atomic E-state index is 5.57. The molecule has 1 N–H and O–H groups in total. The van der Waals surface area contributed by atoms with Gasteiger partial charge in [0.05, 0.1) is 19.4 Å². The lowest BCUT2D eigenvalue weighted by atomic mass is 10.0. The van der Waals surface area contributed by atoms with Gasteiger partial charge >= 0.3 is 0 Å². The van der Waals surface area contributed by atoms with E-state index in [-0.39, 0.29) is 5.60 Å². The van der Waals surface area contributed by atoms with Crippen molar-refractivity contribution in [2.24, 2.45) is 0 Å². The number of ether oxygens (including phenoxy) is 3. The number of methoxy groups -OCH3 is 2. The van der Waals surface area contributed by atoms with E-state index >= 15 is 0 Å². The van der Waals surface area contributed by atoms with Gasteiger partial charge in [-0.05, 0) is 6.92 Å². The summed E-state index contributed by atoms with van der Waals surface area (Å²) in [5.74, 6) is 0.843. The zero-order valence-electron chi connectivity index (χ0n) is 11.9. The van der Waals surface area contributed by atoms with Gasteiger partial charge in [-0.3, -0.25) is 4.98 Å². The molecule has 0 spiro atoms. The van der Waals surface area contributed by atoms with Gasteiger partial charge in [-0.25, -0.2) is 0 Å². The van der Waals surface area contributed by atoms with E-state index in [0.717, 1.165) is 36.7 Å². The van der Waals surface area contributed by atoms with Crippen LogP contribution in [0, 0.1) is 6.92 Å². The molecular weight excluding hydrogens is 244 g/mol. The maximum Gasteiger partial charge on any atom is 0.122 e. The summed E-state index contributed by atoms with van der Waals surface area (Å²) in [5, 5.41) is 3.39. The second-order valence-corrected chi connectivity index (χ2v) is 4.93. The van der Waals surface area contributed by atoms with Gasteiger partial charge in [-0.2, -0.15) is 0 Å². The van der Waals surface area contributed by atoms with Gasteiger partial charge in [0, 0.05) is 51.1 Å². The first-order valence-electron chi connectivity index (χ1n) is 6.53. The lowest BCUT2D eigenvalue weighted by molar-refractivity contribution is -0.0159. The van der Waals surface area contributed by atoms with Gasteiger partial charge in [-0.1, -0.05) is 0 Å². The van der Waals surface area contributed by atoms with Crippen molar-refractivity contribution in [2.75, 3.05) is 34.0 Å². The number of nitrogens with zero attached hydrogens (tertiary/aromatic N) is 1. The molecular formula is C14H22N2O3. The summed E-state index contributed by atoms with van der Waals surface area (Å²) in [4.78, 5) is 4.48. The van der Waals surface area contributed by atoms with Crippen molar-refractivity contribution in [3.8, 4) is 5.75 Å². The van der Waals surface area contributed by atoms with Gasteiger partial charge in [0.1, 0.15) is 11.4 Å². The Balaban J connectivity index is 1.90. The summed E-state index contributed by atoms with van der Waals surface area (Å²) >= 11 is 0. The maximum absolute atomic E-state index is 5.57. The molecule has 2 heterocycles. The molecule has 106 valence electrons. The number of aryl methyl sites for hydroxylation is 1. The first kappa shape index (κ1) is 14.2. The second kappa shape index (κ2) is 6.32. The van der Waals surface area contributed by atoms with Crippen LogP contribution in [0.3, 0.4) is 0 Å². The minimum atomic E-state index is -0.187. The predicted octanol–water partition coefficient (Wildman–Crippen LogP) is 1.29. The van der Waals surface area contributed by atoms with Crippen molar-refractivity contribution in [1.29, 1.82) is 0 Å². The molecule has 1 unspecified atom stereocenters. The Morgan fingerprint density at radius 2 is 2.26 bits per heavy atom. The third-order valence-electron chi connectivity index (χ3n) is 3.47. The van der Waals surface area contributed by atoms with E-state index < -0.39 is 0 Å². The average molecular weight is 266 g/mol. The molecule has 0 bridgehead atoms. The van der Waals surface area contributed by atoms with E-state index in [4.69, 9.17) is 14.2 Å². The van der Waals surface area contributed by atoms with Crippen LogP contribution < -0.4 is 10.1 Å². The molecule has 0 radical (unpaired) electrons. The van der Waals surface area contributed by atoms with Crippen LogP contribution in [0.15, 0.2) is 12.1 Å². The van der Waals surface area contributed by atoms with Crippen LogP contribution in [0.2, 0.25) is 0 Å². The van der Waals surface area contributed by atoms with Crippen LogP contribution in [-0.4, -0.2) is 44.6 Å². The Kier molecular flexibility index (Phi) is 4.74. The number of aromatic nitrogens is 1. The third-order valence-corrected chi connectivity index (χ3v) is 3.47. The van der Waals surface area contributed by atoms with Crippen molar-refractivity contribution >= 4 is 0 Å². The molecule has 0 saturated carbocycles. The molecule has 1 saturated heterocycles. The highest BCUT2D eigenvalue weighted by atomic mass is 16.5. The van der Waals surface area contributed by atoms with E-state index in [9.17, 15) is 0 Å². The molecule has 1 atom stereocenters. The van der Waals surface area contributed by atoms with Crippen LogP contribution >= 0.6 is 0 Å². The standard InChI is InChI=1S/C14H22N2O3/c1-11-6-13(17-2)7-12(16-11)8-15-9-14(18-3)4-5-19-10-14/h6-7,15H,4-5,8-10H2,1-3H3. The highest BCUT2D eigenvalue weighted by Crippen LogP contribution is 2.21. The highest BCUT2D eigenvalue weighted by molar-refractivity contribution is 5.26. The number of hydrogen-bond donors (Lipinski definition) is 1. The molecule has 0 aromatic carbocycles. The van der Waals surface area contributed by atoms with E-state index in [0.29, 0.717) is 13.2 Å². The fourth-order valence-corrected chi connectivity index (χ4v) is 2.29. The van der Waals surface area contributed by atoms with Crippen molar-refractivity contribution < 1.29 is 14.2 Å². The summed E-state index contributed by atoms with van der Waals surface area (Å²) in [5.41, 5.74) is 1.75. The van der Waals surface area contributed by atoms with Crippen molar-refractivity contribution in [1.82, 2.24) is 10.3 Å². The molecule has 0 amide bonds. The zero-order valence-corrected chi connectivity index (χ0v) is 11.9. The lowest BCUT2D eigenvalue weighted by Crippen LogP contribution is -2.42. The number of rotatable bonds is 6. The monoisotopic (exact) mass is 266 g/mol. The molecule has 2 rings (SSSR count). The van der Waals surface area contributed by atoms with Gasteiger partial charge < -0.3 is 19.5 Å². The van der Waals surface area contributed by atoms with Crippen LogP contribution in [-0.2, 0) is 16.0 Å². The van der Waals surface area contributed by atoms with Crippen molar-refractivity contribution in [2.45, 2.75) is 25.5 Å². The van der Waals surface area contributed by atoms with E-state index in [2.05, 4.69) is 10.3 Å².